The lowest BCUT2D eigenvalue weighted by molar-refractivity contribution is -0.162. The van der Waals surface area contributed by atoms with E-state index in [2.05, 4.69) is 0 Å². The van der Waals surface area contributed by atoms with Crippen molar-refractivity contribution in [1.82, 2.24) is 5.06 Å². The largest absolute Gasteiger partial charge is 0.271 e. The molecule has 0 aromatic heterocycles. The second-order valence-electron chi connectivity index (χ2n) is 3.82. The number of carbonyl (C=O) groups is 1. The van der Waals surface area contributed by atoms with Gasteiger partial charge in [-0.25, -0.2) is 5.06 Å². The molecule has 1 aromatic carbocycles. The van der Waals surface area contributed by atoms with E-state index in [4.69, 9.17) is 4.84 Å². The highest BCUT2D eigenvalue weighted by molar-refractivity contribution is 5.91. The van der Waals surface area contributed by atoms with Crippen molar-refractivity contribution in [2.24, 2.45) is 0 Å². The zero-order chi connectivity index (χ0) is 11.4. The minimum atomic E-state index is -0.0826. The number of carbonyl (C=O) groups excluding carboxylic acids is 1. The van der Waals surface area contributed by atoms with Crippen molar-refractivity contribution >= 4 is 12.0 Å². The lowest BCUT2D eigenvalue weighted by Gasteiger charge is -2.10. The summed E-state index contributed by atoms with van der Waals surface area (Å²) in [5.74, 6) is -0.0826. The summed E-state index contributed by atoms with van der Waals surface area (Å²) in [5.41, 5.74) is 2.23. The summed E-state index contributed by atoms with van der Waals surface area (Å²) in [6, 6.07) is 7.96. The van der Waals surface area contributed by atoms with Gasteiger partial charge >= 0.3 is 0 Å². The van der Waals surface area contributed by atoms with Crippen LogP contribution in [0.2, 0.25) is 0 Å². The van der Waals surface area contributed by atoms with Crippen LogP contribution >= 0.6 is 0 Å². The molecule has 1 fully saturated rings. The van der Waals surface area contributed by atoms with E-state index in [9.17, 15) is 4.79 Å². The minimum Gasteiger partial charge on any atom is -0.271 e. The molecule has 0 atom stereocenters. The Morgan fingerprint density at radius 3 is 2.94 bits per heavy atom. The molecule has 1 amide bonds. The van der Waals surface area contributed by atoms with E-state index in [1.807, 2.05) is 37.3 Å². The summed E-state index contributed by atoms with van der Waals surface area (Å²) in [6.45, 7) is 3.36. The maximum Gasteiger partial charge on any atom is 0.270 e. The van der Waals surface area contributed by atoms with Crippen LogP contribution in [0.3, 0.4) is 0 Å². The maximum absolute atomic E-state index is 11.6. The van der Waals surface area contributed by atoms with Gasteiger partial charge in [0.15, 0.2) is 0 Å². The first-order valence-electron chi connectivity index (χ1n) is 5.45. The first-order chi connectivity index (χ1) is 7.77. The van der Waals surface area contributed by atoms with Crippen LogP contribution in [-0.2, 0) is 9.63 Å². The predicted octanol–water partition coefficient (Wildman–Crippen LogP) is 2.17. The van der Waals surface area contributed by atoms with Crippen molar-refractivity contribution in [1.29, 1.82) is 0 Å². The average molecular weight is 217 g/mol. The Kier molecular flexibility index (Phi) is 3.37. The number of rotatable bonds is 2. The first-order valence-corrected chi connectivity index (χ1v) is 5.45. The topological polar surface area (TPSA) is 29.5 Å². The maximum atomic E-state index is 11.6. The zero-order valence-electron chi connectivity index (χ0n) is 9.35. The molecule has 16 heavy (non-hydrogen) atoms. The van der Waals surface area contributed by atoms with Gasteiger partial charge in [-0.15, -0.1) is 0 Å². The average Bonchev–Trinajstić information content (AvgIpc) is 2.81. The molecule has 1 saturated heterocycles. The summed E-state index contributed by atoms with van der Waals surface area (Å²) in [5, 5.41) is 1.41. The fraction of sp³-hybridized carbons (Fsp3) is 0.308. The van der Waals surface area contributed by atoms with Gasteiger partial charge in [-0.1, -0.05) is 24.3 Å². The molecule has 0 unspecified atom stereocenters. The van der Waals surface area contributed by atoms with Crippen LogP contribution < -0.4 is 0 Å². The van der Waals surface area contributed by atoms with Crippen molar-refractivity contribution in [3.8, 4) is 0 Å². The highest BCUT2D eigenvalue weighted by Gasteiger charge is 2.16. The van der Waals surface area contributed by atoms with Crippen molar-refractivity contribution in [3.63, 3.8) is 0 Å². The van der Waals surface area contributed by atoms with Crippen molar-refractivity contribution in [2.45, 2.75) is 13.3 Å². The standard InChI is InChI=1S/C13H15NO2/c1-11-5-2-3-6-12(11)7-8-13(15)14-9-4-10-16-14/h2-3,5-8H,4,9-10H2,1H3/b8-7+. The van der Waals surface area contributed by atoms with Gasteiger partial charge in [-0.05, 0) is 30.5 Å². The third kappa shape index (κ3) is 2.49. The van der Waals surface area contributed by atoms with E-state index in [1.165, 1.54) is 5.06 Å². The van der Waals surface area contributed by atoms with Crippen LogP contribution in [0.4, 0.5) is 0 Å². The first kappa shape index (κ1) is 10.9. The third-order valence-corrected chi connectivity index (χ3v) is 2.59. The number of hydroxylamine groups is 2. The van der Waals surface area contributed by atoms with Crippen molar-refractivity contribution in [2.75, 3.05) is 13.2 Å². The fourth-order valence-corrected chi connectivity index (χ4v) is 1.64. The molecule has 84 valence electrons. The highest BCUT2D eigenvalue weighted by Crippen LogP contribution is 2.10. The molecule has 3 heteroatoms. The molecular weight excluding hydrogens is 202 g/mol. The smallest absolute Gasteiger partial charge is 0.270 e. The minimum absolute atomic E-state index is 0.0826. The molecular formula is C13H15NO2. The van der Waals surface area contributed by atoms with Gasteiger partial charge < -0.3 is 0 Å². The van der Waals surface area contributed by atoms with Crippen LogP contribution in [0, 0.1) is 6.92 Å². The third-order valence-electron chi connectivity index (χ3n) is 2.59. The number of aryl methyl sites for hydroxylation is 1. The Morgan fingerprint density at radius 2 is 2.25 bits per heavy atom. The van der Waals surface area contributed by atoms with Gasteiger partial charge in [0.2, 0.25) is 0 Å². The molecule has 2 rings (SSSR count). The highest BCUT2D eigenvalue weighted by atomic mass is 16.7. The van der Waals surface area contributed by atoms with Gasteiger partial charge in [0.05, 0.1) is 13.2 Å². The molecule has 0 bridgehead atoms. The number of nitrogens with zero attached hydrogens (tertiary/aromatic N) is 1. The van der Waals surface area contributed by atoms with Crippen LogP contribution in [0.15, 0.2) is 30.3 Å². The fourth-order valence-electron chi connectivity index (χ4n) is 1.64. The van der Waals surface area contributed by atoms with Crippen molar-refractivity contribution in [3.05, 3.63) is 41.5 Å². The normalized spacial score (nSPS) is 15.9. The Bertz CT molecular complexity index is 406. The molecule has 1 aliphatic rings. The zero-order valence-corrected chi connectivity index (χ0v) is 9.35. The number of hydrogen-bond acceptors (Lipinski definition) is 2. The van der Waals surface area contributed by atoms with E-state index >= 15 is 0 Å². The molecule has 1 aliphatic heterocycles. The van der Waals surface area contributed by atoms with Gasteiger partial charge in [0.25, 0.3) is 5.91 Å². The van der Waals surface area contributed by atoms with Gasteiger partial charge in [0.1, 0.15) is 0 Å². The molecule has 0 radical (unpaired) electrons. The molecule has 0 saturated carbocycles. The monoisotopic (exact) mass is 217 g/mol. The second kappa shape index (κ2) is 4.94. The number of hydrogen-bond donors (Lipinski definition) is 0. The predicted molar refractivity (Wildman–Crippen MR) is 62.5 cm³/mol. The second-order valence-corrected chi connectivity index (χ2v) is 3.82. The van der Waals surface area contributed by atoms with Crippen LogP contribution in [0.25, 0.3) is 6.08 Å². The lowest BCUT2D eigenvalue weighted by Crippen LogP contribution is -2.24. The Labute approximate surface area is 95.3 Å². The molecule has 0 spiro atoms. The Balaban J connectivity index is 2.03. The van der Waals surface area contributed by atoms with Gasteiger partial charge in [-0.2, -0.15) is 0 Å². The van der Waals surface area contributed by atoms with E-state index in [-0.39, 0.29) is 5.91 Å². The number of amides is 1. The number of benzene rings is 1. The summed E-state index contributed by atoms with van der Waals surface area (Å²) in [4.78, 5) is 16.8. The van der Waals surface area contributed by atoms with Crippen LogP contribution in [0.1, 0.15) is 17.5 Å². The molecule has 3 nitrogen and oxygen atoms in total. The quantitative estimate of drug-likeness (QED) is 0.710. The summed E-state index contributed by atoms with van der Waals surface area (Å²) in [7, 11) is 0. The van der Waals surface area contributed by atoms with E-state index in [1.54, 1.807) is 6.08 Å². The molecule has 0 N–H and O–H groups in total. The Hall–Kier alpha value is -1.61. The van der Waals surface area contributed by atoms with Crippen LogP contribution in [0.5, 0.6) is 0 Å². The summed E-state index contributed by atoms with van der Waals surface area (Å²) in [6.07, 6.45) is 4.32. The Morgan fingerprint density at radius 1 is 1.44 bits per heavy atom. The van der Waals surface area contributed by atoms with Crippen molar-refractivity contribution < 1.29 is 9.63 Å². The van der Waals surface area contributed by atoms with Crippen LogP contribution in [-0.4, -0.2) is 24.1 Å². The van der Waals surface area contributed by atoms with E-state index in [0.717, 1.165) is 17.5 Å². The molecule has 1 aromatic rings. The van der Waals surface area contributed by atoms with Gasteiger partial charge in [0, 0.05) is 6.08 Å². The molecule has 0 aliphatic carbocycles. The van der Waals surface area contributed by atoms with E-state index in [0.29, 0.717) is 13.2 Å². The lowest BCUT2D eigenvalue weighted by atomic mass is 10.1. The van der Waals surface area contributed by atoms with Gasteiger partial charge in [-0.3, -0.25) is 9.63 Å². The SMILES string of the molecule is Cc1ccccc1/C=C/C(=O)N1CCCO1. The summed E-state index contributed by atoms with van der Waals surface area (Å²) < 4.78 is 0. The molecule has 1 heterocycles. The van der Waals surface area contributed by atoms with E-state index < -0.39 is 0 Å². The summed E-state index contributed by atoms with van der Waals surface area (Å²) >= 11 is 0.